The van der Waals surface area contributed by atoms with E-state index in [1.165, 1.54) is 0 Å². The van der Waals surface area contributed by atoms with E-state index in [0.717, 1.165) is 24.3 Å². The molecule has 2 heterocycles. The Labute approximate surface area is 189 Å². The highest BCUT2D eigenvalue weighted by Crippen LogP contribution is 2.07. The second kappa shape index (κ2) is 11.8. The normalized spacial score (nSPS) is 12.8. The van der Waals surface area contributed by atoms with Crippen molar-refractivity contribution >= 4 is 41.7 Å². The number of hydrogen-bond acceptors (Lipinski definition) is 5. The quantitative estimate of drug-likeness (QED) is 0.297. The Hall–Kier alpha value is -2.11. The first kappa shape index (κ1) is 24.9. The van der Waals surface area contributed by atoms with Crippen molar-refractivity contribution in [1.82, 2.24) is 30.5 Å². The average molecular weight is 517 g/mol. The van der Waals surface area contributed by atoms with Crippen molar-refractivity contribution in [1.29, 1.82) is 0 Å². The lowest BCUT2D eigenvalue weighted by molar-refractivity contribution is 0.0502. The first-order valence-corrected chi connectivity index (χ1v) is 9.55. The number of hydrogen-bond donors (Lipinski definition) is 3. The number of nitrogens with one attached hydrogen (secondary N) is 3. The number of rotatable bonds is 7. The van der Waals surface area contributed by atoms with Gasteiger partial charge in [0.1, 0.15) is 5.60 Å². The molecular formula is C19H32IN7O2. The second-order valence-corrected chi connectivity index (χ2v) is 7.48. The lowest BCUT2D eigenvalue weighted by Crippen LogP contribution is -2.48. The maximum atomic E-state index is 12.0. The number of amides is 1. The summed E-state index contributed by atoms with van der Waals surface area (Å²) in [6.07, 6.45) is 3.29. The van der Waals surface area contributed by atoms with Gasteiger partial charge in [0.15, 0.2) is 17.4 Å². The molecule has 0 saturated heterocycles. The van der Waals surface area contributed by atoms with Crippen LogP contribution in [0, 0.1) is 0 Å². The van der Waals surface area contributed by atoms with Crippen LogP contribution in [-0.4, -0.2) is 51.9 Å². The lowest BCUT2D eigenvalue weighted by Gasteiger charge is -2.24. The highest BCUT2D eigenvalue weighted by molar-refractivity contribution is 14.0. The first-order valence-electron chi connectivity index (χ1n) is 9.55. The number of pyridine rings is 1. The van der Waals surface area contributed by atoms with Crippen LogP contribution in [0.4, 0.5) is 4.79 Å². The smallest absolute Gasteiger partial charge is 0.407 e. The van der Waals surface area contributed by atoms with Crippen LogP contribution in [0.15, 0.2) is 29.4 Å². The summed E-state index contributed by atoms with van der Waals surface area (Å²) in [5, 5.41) is 17.7. The van der Waals surface area contributed by atoms with Gasteiger partial charge < -0.3 is 20.7 Å². The number of aliphatic imine (C=N–C) groups is 1. The lowest BCUT2D eigenvalue weighted by atomic mass is 10.1. The molecule has 0 spiro atoms. The second-order valence-electron chi connectivity index (χ2n) is 7.48. The first-order chi connectivity index (χ1) is 13.3. The Bertz CT molecular complexity index is 801. The van der Waals surface area contributed by atoms with Crippen molar-refractivity contribution in [3.8, 4) is 0 Å². The topological polar surface area (TPSA) is 105 Å². The van der Waals surface area contributed by atoms with Crippen molar-refractivity contribution in [2.75, 3.05) is 13.6 Å². The minimum Gasteiger partial charge on any atom is -0.444 e. The molecule has 0 saturated carbocycles. The van der Waals surface area contributed by atoms with E-state index in [-0.39, 0.29) is 30.0 Å². The molecule has 0 aliphatic heterocycles. The molecule has 0 aliphatic rings. The SMILES string of the molecule is CCCC(CNC(=NC)NCc1nnc2ccccn12)NC(=O)OC(C)(C)C.I. The predicted molar refractivity (Wildman–Crippen MR) is 125 cm³/mol. The van der Waals surface area contributed by atoms with E-state index < -0.39 is 11.7 Å². The number of ether oxygens (including phenoxy) is 1. The molecule has 0 aromatic carbocycles. The monoisotopic (exact) mass is 517 g/mol. The molecule has 3 N–H and O–H groups in total. The number of guanidine groups is 1. The third-order valence-corrected chi connectivity index (χ3v) is 3.90. The molecule has 0 radical (unpaired) electrons. The van der Waals surface area contributed by atoms with Gasteiger partial charge in [-0.05, 0) is 39.3 Å². The largest absolute Gasteiger partial charge is 0.444 e. The van der Waals surface area contributed by atoms with Gasteiger partial charge in [0.25, 0.3) is 0 Å². The van der Waals surface area contributed by atoms with Crippen molar-refractivity contribution in [2.24, 2.45) is 4.99 Å². The zero-order chi connectivity index (χ0) is 20.6. The van der Waals surface area contributed by atoms with Gasteiger partial charge in [0, 0.05) is 25.8 Å². The third kappa shape index (κ3) is 8.42. The fourth-order valence-corrected chi connectivity index (χ4v) is 2.66. The summed E-state index contributed by atoms with van der Waals surface area (Å²) in [6.45, 7) is 8.63. The van der Waals surface area contributed by atoms with Gasteiger partial charge in [-0.15, -0.1) is 34.2 Å². The van der Waals surface area contributed by atoms with Crippen LogP contribution in [0.5, 0.6) is 0 Å². The molecule has 1 amide bonds. The van der Waals surface area contributed by atoms with E-state index in [1.807, 2.05) is 49.6 Å². The van der Waals surface area contributed by atoms with Gasteiger partial charge >= 0.3 is 6.09 Å². The molecule has 2 aromatic heterocycles. The Morgan fingerprint density at radius 2 is 2.03 bits per heavy atom. The molecule has 9 nitrogen and oxygen atoms in total. The fourth-order valence-electron chi connectivity index (χ4n) is 2.66. The van der Waals surface area contributed by atoms with Crippen molar-refractivity contribution < 1.29 is 9.53 Å². The van der Waals surface area contributed by atoms with Crippen LogP contribution in [-0.2, 0) is 11.3 Å². The maximum Gasteiger partial charge on any atom is 0.407 e. The zero-order valence-corrected chi connectivity index (χ0v) is 20.1. The molecule has 0 bridgehead atoms. The minimum atomic E-state index is -0.521. The molecule has 1 atom stereocenters. The summed E-state index contributed by atoms with van der Waals surface area (Å²) < 4.78 is 7.26. The Morgan fingerprint density at radius 1 is 1.28 bits per heavy atom. The number of aromatic nitrogens is 3. The number of carbonyl (C=O) groups is 1. The molecule has 29 heavy (non-hydrogen) atoms. The third-order valence-electron chi connectivity index (χ3n) is 3.90. The van der Waals surface area contributed by atoms with Crippen LogP contribution >= 0.6 is 24.0 Å². The molecule has 2 aromatic rings. The number of fused-ring (bicyclic) bond motifs is 1. The summed E-state index contributed by atoms with van der Waals surface area (Å²) in [6, 6.07) is 5.70. The molecule has 1 unspecified atom stereocenters. The van der Waals surface area contributed by atoms with Gasteiger partial charge in [0.2, 0.25) is 0 Å². The van der Waals surface area contributed by atoms with Gasteiger partial charge in [0.05, 0.1) is 6.54 Å². The summed E-state index contributed by atoms with van der Waals surface area (Å²) in [5.74, 6) is 1.41. The average Bonchev–Trinajstić information content (AvgIpc) is 3.03. The predicted octanol–water partition coefficient (Wildman–Crippen LogP) is 2.71. The van der Waals surface area contributed by atoms with E-state index >= 15 is 0 Å². The van der Waals surface area contributed by atoms with E-state index in [2.05, 4.69) is 38.1 Å². The Kier molecular flexibility index (Phi) is 10.1. The summed E-state index contributed by atoms with van der Waals surface area (Å²) in [5.41, 5.74) is 0.277. The van der Waals surface area contributed by atoms with Crippen LogP contribution in [0.25, 0.3) is 5.65 Å². The summed E-state index contributed by atoms with van der Waals surface area (Å²) >= 11 is 0. The van der Waals surface area contributed by atoms with Gasteiger partial charge in [-0.1, -0.05) is 19.4 Å². The molecule has 10 heteroatoms. The van der Waals surface area contributed by atoms with Crippen molar-refractivity contribution in [3.05, 3.63) is 30.2 Å². The van der Waals surface area contributed by atoms with Gasteiger partial charge in [-0.2, -0.15) is 0 Å². The van der Waals surface area contributed by atoms with Gasteiger partial charge in [-0.25, -0.2) is 4.79 Å². The highest BCUT2D eigenvalue weighted by atomic mass is 127. The molecule has 162 valence electrons. The molecule has 2 rings (SSSR count). The summed E-state index contributed by atoms with van der Waals surface area (Å²) in [7, 11) is 1.70. The van der Waals surface area contributed by atoms with E-state index in [0.29, 0.717) is 19.0 Å². The van der Waals surface area contributed by atoms with Crippen LogP contribution in [0.3, 0.4) is 0 Å². The van der Waals surface area contributed by atoms with Crippen LogP contribution in [0.2, 0.25) is 0 Å². The van der Waals surface area contributed by atoms with E-state index in [4.69, 9.17) is 4.74 Å². The number of halogens is 1. The number of nitrogens with zero attached hydrogens (tertiary/aromatic N) is 4. The van der Waals surface area contributed by atoms with Crippen LogP contribution in [0.1, 0.15) is 46.4 Å². The Morgan fingerprint density at radius 3 is 2.69 bits per heavy atom. The standard InChI is InChI=1S/C19H31N7O2.HI/c1-6-9-14(23-18(27)28-19(2,3)4)12-21-17(20-5)22-13-16-25-24-15-10-7-8-11-26(15)16;/h7-8,10-11,14H,6,9,12-13H2,1-5H3,(H,23,27)(H2,20,21,22);1H. The van der Waals surface area contributed by atoms with E-state index in [1.54, 1.807) is 7.05 Å². The minimum absolute atomic E-state index is 0. The zero-order valence-electron chi connectivity index (χ0n) is 17.7. The molecule has 0 fully saturated rings. The molecular weight excluding hydrogens is 485 g/mol. The van der Waals surface area contributed by atoms with Crippen molar-refractivity contribution in [3.63, 3.8) is 0 Å². The molecule has 0 aliphatic carbocycles. The van der Waals surface area contributed by atoms with E-state index in [9.17, 15) is 4.79 Å². The van der Waals surface area contributed by atoms with Crippen LogP contribution < -0.4 is 16.0 Å². The van der Waals surface area contributed by atoms with Gasteiger partial charge in [-0.3, -0.25) is 9.39 Å². The number of alkyl carbamates (subject to hydrolysis) is 1. The maximum absolute atomic E-state index is 12.0. The van der Waals surface area contributed by atoms with Crippen molar-refractivity contribution in [2.45, 2.75) is 58.7 Å². The number of carbonyl (C=O) groups excluding carboxylic acids is 1. The summed E-state index contributed by atoms with van der Waals surface area (Å²) in [4.78, 5) is 16.3. The highest BCUT2D eigenvalue weighted by Gasteiger charge is 2.19. The Balaban J connectivity index is 0.00000420. The fraction of sp³-hybridized carbons (Fsp3) is 0.579.